The van der Waals surface area contributed by atoms with Gasteiger partial charge in [-0.2, -0.15) is 13.2 Å². The first-order chi connectivity index (χ1) is 8.79. The van der Waals surface area contributed by atoms with Crippen molar-refractivity contribution in [2.24, 2.45) is 5.92 Å². The number of rotatable bonds is 5. The number of nitrogen functional groups attached to an aromatic ring is 1. The van der Waals surface area contributed by atoms with E-state index in [9.17, 15) is 18.3 Å². The third kappa shape index (κ3) is 4.13. The van der Waals surface area contributed by atoms with Gasteiger partial charge in [0.2, 0.25) is 0 Å². The third-order valence-corrected chi connectivity index (χ3v) is 3.48. The van der Waals surface area contributed by atoms with Gasteiger partial charge in [0.05, 0.1) is 11.7 Å². The van der Waals surface area contributed by atoms with Crippen molar-refractivity contribution in [1.82, 2.24) is 0 Å². The SMILES string of the molecule is CCC(CC)CC(O)c1cc(C(F)(F)F)ccc1N. The lowest BCUT2D eigenvalue weighted by atomic mass is 9.91. The standard InChI is InChI=1S/C14H20F3NO/c1-3-9(4-2)7-13(19)11-8-10(14(15,16)17)5-6-12(11)18/h5-6,8-9,13,19H,3-4,7,18H2,1-2H3. The van der Waals surface area contributed by atoms with Crippen molar-refractivity contribution in [3.63, 3.8) is 0 Å². The molecule has 0 aliphatic carbocycles. The number of hydrogen-bond acceptors (Lipinski definition) is 2. The van der Waals surface area contributed by atoms with E-state index in [1.165, 1.54) is 6.07 Å². The fourth-order valence-electron chi connectivity index (χ4n) is 2.10. The number of aliphatic hydroxyl groups excluding tert-OH is 1. The Labute approximate surface area is 111 Å². The number of alkyl halides is 3. The van der Waals surface area contributed by atoms with E-state index >= 15 is 0 Å². The van der Waals surface area contributed by atoms with E-state index in [2.05, 4.69) is 0 Å². The minimum Gasteiger partial charge on any atom is -0.398 e. The zero-order valence-electron chi connectivity index (χ0n) is 11.2. The Balaban J connectivity index is 2.98. The molecule has 0 aliphatic rings. The molecule has 3 N–H and O–H groups in total. The predicted octanol–water partition coefficient (Wildman–Crippen LogP) is 4.15. The van der Waals surface area contributed by atoms with Crippen molar-refractivity contribution in [3.05, 3.63) is 29.3 Å². The monoisotopic (exact) mass is 275 g/mol. The van der Waals surface area contributed by atoms with Crippen molar-refractivity contribution < 1.29 is 18.3 Å². The average Bonchev–Trinajstić information content (AvgIpc) is 2.34. The van der Waals surface area contributed by atoms with Gasteiger partial charge in [-0.1, -0.05) is 26.7 Å². The highest BCUT2D eigenvalue weighted by Gasteiger charge is 2.31. The fraction of sp³-hybridized carbons (Fsp3) is 0.571. The highest BCUT2D eigenvalue weighted by molar-refractivity contribution is 5.50. The maximum Gasteiger partial charge on any atom is 0.416 e. The number of nitrogens with two attached hydrogens (primary N) is 1. The predicted molar refractivity (Wildman–Crippen MR) is 69.5 cm³/mol. The minimum absolute atomic E-state index is 0.168. The van der Waals surface area contributed by atoms with Gasteiger partial charge in [0.25, 0.3) is 0 Å². The molecule has 5 heteroatoms. The van der Waals surface area contributed by atoms with Crippen LogP contribution in [0.2, 0.25) is 0 Å². The molecule has 1 unspecified atom stereocenters. The molecule has 0 saturated carbocycles. The molecule has 1 aromatic carbocycles. The smallest absolute Gasteiger partial charge is 0.398 e. The number of benzene rings is 1. The lowest BCUT2D eigenvalue weighted by molar-refractivity contribution is -0.137. The van der Waals surface area contributed by atoms with E-state index in [-0.39, 0.29) is 17.2 Å². The van der Waals surface area contributed by atoms with Crippen molar-refractivity contribution in [2.45, 2.75) is 45.4 Å². The highest BCUT2D eigenvalue weighted by Crippen LogP contribution is 2.35. The molecule has 0 aromatic heterocycles. The van der Waals surface area contributed by atoms with Gasteiger partial charge >= 0.3 is 6.18 Å². The summed E-state index contributed by atoms with van der Waals surface area (Å²) in [5.41, 5.74) is 5.26. The Morgan fingerprint density at radius 1 is 1.21 bits per heavy atom. The van der Waals surface area contributed by atoms with Crippen molar-refractivity contribution in [1.29, 1.82) is 0 Å². The zero-order valence-corrected chi connectivity index (χ0v) is 11.2. The van der Waals surface area contributed by atoms with Crippen LogP contribution < -0.4 is 5.73 Å². The summed E-state index contributed by atoms with van der Waals surface area (Å²) >= 11 is 0. The van der Waals surface area contributed by atoms with Gasteiger partial charge in [-0.15, -0.1) is 0 Å². The van der Waals surface area contributed by atoms with Crippen LogP contribution in [0.1, 0.15) is 50.3 Å². The first-order valence-electron chi connectivity index (χ1n) is 6.44. The van der Waals surface area contributed by atoms with E-state index in [4.69, 9.17) is 5.73 Å². The molecule has 19 heavy (non-hydrogen) atoms. The molecular weight excluding hydrogens is 255 g/mol. The van der Waals surface area contributed by atoms with Crippen LogP contribution in [0.5, 0.6) is 0 Å². The van der Waals surface area contributed by atoms with Crippen molar-refractivity contribution >= 4 is 5.69 Å². The third-order valence-electron chi connectivity index (χ3n) is 3.48. The lowest BCUT2D eigenvalue weighted by Gasteiger charge is -2.20. The molecule has 0 heterocycles. The molecule has 1 atom stereocenters. The van der Waals surface area contributed by atoms with Gasteiger partial charge in [0.1, 0.15) is 0 Å². The lowest BCUT2D eigenvalue weighted by Crippen LogP contribution is -2.11. The molecule has 0 amide bonds. The molecule has 0 aliphatic heterocycles. The van der Waals surface area contributed by atoms with E-state index in [1.807, 2.05) is 13.8 Å². The number of hydrogen-bond donors (Lipinski definition) is 2. The first-order valence-corrected chi connectivity index (χ1v) is 6.44. The second-order valence-electron chi connectivity index (χ2n) is 4.78. The summed E-state index contributed by atoms with van der Waals surface area (Å²) < 4.78 is 37.9. The van der Waals surface area contributed by atoms with Crippen LogP contribution in [-0.4, -0.2) is 5.11 Å². The molecule has 0 spiro atoms. The Hall–Kier alpha value is -1.23. The van der Waals surface area contributed by atoms with Crippen LogP contribution in [0.15, 0.2) is 18.2 Å². The summed E-state index contributed by atoms with van der Waals surface area (Å²) in [7, 11) is 0. The van der Waals surface area contributed by atoms with Gasteiger partial charge in [-0.3, -0.25) is 0 Å². The quantitative estimate of drug-likeness (QED) is 0.793. The van der Waals surface area contributed by atoms with Crippen LogP contribution in [0.25, 0.3) is 0 Å². The summed E-state index contributed by atoms with van der Waals surface area (Å²) in [5.74, 6) is 0.281. The zero-order chi connectivity index (χ0) is 14.6. The van der Waals surface area contributed by atoms with E-state index in [1.54, 1.807) is 0 Å². The van der Waals surface area contributed by atoms with E-state index in [0.29, 0.717) is 6.42 Å². The topological polar surface area (TPSA) is 46.2 Å². The summed E-state index contributed by atoms with van der Waals surface area (Å²) in [6.45, 7) is 3.99. The second kappa shape index (κ2) is 6.28. The Kier molecular flexibility index (Phi) is 5.23. The highest BCUT2D eigenvalue weighted by atomic mass is 19.4. The summed E-state index contributed by atoms with van der Waals surface area (Å²) in [6.07, 6.45) is -3.18. The summed E-state index contributed by atoms with van der Waals surface area (Å²) in [4.78, 5) is 0. The maximum atomic E-state index is 12.6. The number of halogens is 3. The van der Waals surface area contributed by atoms with E-state index < -0.39 is 17.8 Å². The number of anilines is 1. The molecule has 1 rings (SSSR count). The van der Waals surface area contributed by atoms with Crippen LogP contribution in [0, 0.1) is 5.92 Å². The molecule has 1 aromatic rings. The molecule has 2 nitrogen and oxygen atoms in total. The largest absolute Gasteiger partial charge is 0.416 e. The Bertz CT molecular complexity index is 414. The van der Waals surface area contributed by atoms with Gasteiger partial charge in [-0.25, -0.2) is 0 Å². The summed E-state index contributed by atoms with van der Waals surface area (Å²) in [6, 6.07) is 3.08. The normalized spacial score (nSPS) is 13.8. The van der Waals surface area contributed by atoms with E-state index in [0.717, 1.165) is 25.0 Å². The fourth-order valence-corrected chi connectivity index (χ4v) is 2.10. The van der Waals surface area contributed by atoms with Crippen LogP contribution in [0.4, 0.5) is 18.9 Å². The molecule has 0 radical (unpaired) electrons. The van der Waals surface area contributed by atoms with Gasteiger partial charge in [0, 0.05) is 11.3 Å². The number of aliphatic hydroxyl groups is 1. The van der Waals surface area contributed by atoms with Crippen LogP contribution in [-0.2, 0) is 6.18 Å². The van der Waals surface area contributed by atoms with Crippen molar-refractivity contribution in [3.8, 4) is 0 Å². The Morgan fingerprint density at radius 3 is 2.26 bits per heavy atom. The molecule has 108 valence electrons. The second-order valence-corrected chi connectivity index (χ2v) is 4.78. The maximum absolute atomic E-state index is 12.6. The molecule has 0 saturated heterocycles. The van der Waals surface area contributed by atoms with Crippen LogP contribution in [0.3, 0.4) is 0 Å². The molecular formula is C14H20F3NO. The average molecular weight is 275 g/mol. The van der Waals surface area contributed by atoms with Crippen LogP contribution >= 0.6 is 0 Å². The first kappa shape index (κ1) is 15.8. The van der Waals surface area contributed by atoms with Gasteiger partial charge < -0.3 is 10.8 Å². The molecule has 0 bridgehead atoms. The summed E-state index contributed by atoms with van der Waals surface area (Å²) in [5, 5.41) is 10.1. The molecule has 0 fully saturated rings. The Morgan fingerprint density at radius 2 is 1.79 bits per heavy atom. The van der Waals surface area contributed by atoms with Gasteiger partial charge in [-0.05, 0) is 30.5 Å². The van der Waals surface area contributed by atoms with Crippen molar-refractivity contribution in [2.75, 3.05) is 5.73 Å². The van der Waals surface area contributed by atoms with Gasteiger partial charge in [0.15, 0.2) is 0 Å². The minimum atomic E-state index is -4.42.